The summed E-state index contributed by atoms with van der Waals surface area (Å²) in [5.41, 5.74) is 0. The van der Waals surface area contributed by atoms with E-state index in [1.807, 2.05) is 0 Å². The molecule has 7 heteroatoms. The van der Waals surface area contributed by atoms with E-state index in [-0.39, 0.29) is 18.5 Å². The van der Waals surface area contributed by atoms with E-state index in [4.69, 9.17) is 4.42 Å². The van der Waals surface area contributed by atoms with Crippen LogP contribution in [0.4, 0.5) is 0 Å². The van der Waals surface area contributed by atoms with Gasteiger partial charge < -0.3 is 9.32 Å². The molecule has 1 aliphatic heterocycles. The Hall–Kier alpha value is -1.34. The normalized spacial score (nSPS) is 20.5. The average molecular weight is 286 g/mol. The van der Waals surface area contributed by atoms with Gasteiger partial charge >= 0.3 is 0 Å². The van der Waals surface area contributed by atoms with Crippen molar-refractivity contribution in [3.63, 3.8) is 0 Å². The van der Waals surface area contributed by atoms with E-state index in [1.54, 1.807) is 17.0 Å². The predicted octanol–water partition coefficient (Wildman–Crippen LogP) is 0.823. The monoisotopic (exact) mass is 286 g/mol. The smallest absolute Gasteiger partial charge is 0.289 e. The molecule has 0 aliphatic carbocycles. The summed E-state index contributed by atoms with van der Waals surface area (Å²) in [6, 6.07) is 3.18. The topological polar surface area (TPSA) is 79.6 Å². The third-order valence-corrected chi connectivity index (χ3v) is 3.89. The Labute approximate surface area is 112 Å². The standard InChI is InChI=1S/C12H18N2O4S/c1-19(16,17)13-9-10-5-2-3-7-14(10)12(15)11-6-4-8-18-11/h4,6,8,10,13H,2-3,5,7,9H2,1H3/t10-/m0/s1. The zero-order chi connectivity index (χ0) is 13.9. The number of rotatable bonds is 4. The summed E-state index contributed by atoms with van der Waals surface area (Å²) in [5, 5.41) is 0. The summed E-state index contributed by atoms with van der Waals surface area (Å²) in [7, 11) is -3.24. The third kappa shape index (κ3) is 3.81. The van der Waals surface area contributed by atoms with Crippen molar-refractivity contribution in [2.75, 3.05) is 19.3 Å². The first-order valence-electron chi connectivity index (χ1n) is 6.26. The highest BCUT2D eigenvalue weighted by atomic mass is 32.2. The van der Waals surface area contributed by atoms with Crippen molar-refractivity contribution in [3.8, 4) is 0 Å². The van der Waals surface area contributed by atoms with Crippen molar-refractivity contribution in [2.45, 2.75) is 25.3 Å². The number of sulfonamides is 1. The zero-order valence-corrected chi connectivity index (χ0v) is 11.6. The number of furan rings is 1. The van der Waals surface area contributed by atoms with Gasteiger partial charge in [0.05, 0.1) is 12.5 Å². The van der Waals surface area contributed by atoms with Crippen LogP contribution in [0.25, 0.3) is 0 Å². The van der Waals surface area contributed by atoms with Gasteiger partial charge in [0.25, 0.3) is 5.91 Å². The molecule has 2 rings (SSSR count). The van der Waals surface area contributed by atoms with E-state index in [2.05, 4.69) is 4.72 Å². The number of likely N-dealkylation sites (tertiary alicyclic amines) is 1. The van der Waals surface area contributed by atoms with Crippen molar-refractivity contribution in [3.05, 3.63) is 24.2 Å². The molecule has 1 aromatic heterocycles. The van der Waals surface area contributed by atoms with Crippen LogP contribution in [0.2, 0.25) is 0 Å². The highest BCUT2D eigenvalue weighted by Crippen LogP contribution is 2.19. The van der Waals surface area contributed by atoms with Crippen molar-refractivity contribution < 1.29 is 17.6 Å². The van der Waals surface area contributed by atoms with Gasteiger partial charge in [-0.05, 0) is 31.4 Å². The number of nitrogens with one attached hydrogen (secondary N) is 1. The summed E-state index contributed by atoms with van der Waals surface area (Å²) in [5.74, 6) is 0.122. The van der Waals surface area contributed by atoms with Gasteiger partial charge in [-0.1, -0.05) is 0 Å². The third-order valence-electron chi connectivity index (χ3n) is 3.20. The Bertz CT molecular complexity index is 524. The van der Waals surface area contributed by atoms with E-state index in [1.165, 1.54) is 6.26 Å². The first-order chi connectivity index (χ1) is 8.97. The molecule has 1 fully saturated rings. The van der Waals surface area contributed by atoms with Crippen LogP contribution >= 0.6 is 0 Å². The van der Waals surface area contributed by atoms with E-state index in [0.717, 1.165) is 25.5 Å². The average Bonchev–Trinajstić information content (AvgIpc) is 2.89. The van der Waals surface area contributed by atoms with E-state index in [0.29, 0.717) is 12.3 Å². The summed E-state index contributed by atoms with van der Waals surface area (Å²) in [4.78, 5) is 13.9. The lowest BCUT2D eigenvalue weighted by Crippen LogP contribution is -2.49. The maximum Gasteiger partial charge on any atom is 0.289 e. The van der Waals surface area contributed by atoms with Gasteiger partial charge in [-0.2, -0.15) is 0 Å². The lowest BCUT2D eigenvalue weighted by atomic mass is 10.0. The van der Waals surface area contributed by atoms with Gasteiger partial charge in [0.2, 0.25) is 10.0 Å². The molecule has 6 nitrogen and oxygen atoms in total. The Kier molecular flexibility index (Phi) is 4.26. The molecule has 1 aliphatic rings. The van der Waals surface area contributed by atoms with E-state index < -0.39 is 10.0 Å². The predicted molar refractivity (Wildman–Crippen MR) is 70.2 cm³/mol. The summed E-state index contributed by atoms with van der Waals surface area (Å²) >= 11 is 0. The van der Waals surface area contributed by atoms with Crippen LogP contribution in [0.3, 0.4) is 0 Å². The van der Waals surface area contributed by atoms with Crippen LogP contribution in [-0.2, 0) is 10.0 Å². The van der Waals surface area contributed by atoms with Gasteiger partial charge in [0.15, 0.2) is 5.76 Å². The second-order valence-electron chi connectivity index (χ2n) is 4.75. The Morgan fingerprint density at radius 3 is 2.95 bits per heavy atom. The Balaban J connectivity index is 2.05. The van der Waals surface area contributed by atoms with Crippen LogP contribution in [0.15, 0.2) is 22.8 Å². The lowest BCUT2D eigenvalue weighted by Gasteiger charge is -2.35. The summed E-state index contributed by atoms with van der Waals surface area (Å²) in [6.07, 6.45) is 5.31. The molecule has 1 atom stereocenters. The lowest BCUT2D eigenvalue weighted by molar-refractivity contribution is 0.0586. The molecule has 1 amide bonds. The van der Waals surface area contributed by atoms with Crippen LogP contribution in [-0.4, -0.2) is 44.6 Å². The quantitative estimate of drug-likeness (QED) is 0.889. The van der Waals surface area contributed by atoms with Crippen LogP contribution in [0, 0.1) is 0 Å². The minimum Gasteiger partial charge on any atom is -0.459 e. The molecule has 0 saturated carbocycles. The fourth-order valence-corrected chi connectivity index (χ4v) is 2.76. The maximum absolute atomic E-state index is 12.3. The minimum atomic E-state index is -3.24. The first-order valence-corrected chi connectivity index (χ1v) is 8.15. The van der Waals surface area contributed by atoms with Crippen LogP contribution in [0.1, 0.15) is 29.8 Å². The highest BCUT2D eigenvalue weighted by molar-refractivity contribution is 7.88. The summed E-state index contributed by atoms with van der Waals surface area (Å²) in [6.45, 7) is 0.890. The molecule has 0 radical (unpaired) electrons. The SMILES string of the molecule is CS(=O)(=O)NC[C@@H]1CCCCN1C(=O)c1ccco1. The molecule has 1 aromatic rings. The molecule has 0 spiro atoms. The highest BCUT2D eigenvalue weighted by Gasteiger charge is 2.29. The van der Waals surface area contributed by atoms with Gasteiger partial charge in [-0.25, -0.2) is 13.1 Å². The van der Waals surface area contributed by atoms with Crippen LogP contribution in [0.5, 0.6) is 0 Å². The van der Waals surface area contributed by atoms with Crippen molar-refractivity contribution in [2.24, 2.45) is 0 Å². The number of hydrogen-bond acceptors (Lipinski definition) is 4. The van der Waals surface area contributed by atoms with Gasteiger partial charge in [-0.3, -0.25) is 4.79 Å². The Morgan fingerprint density at radius 1 is 1.53 bits per heavy atom. The van der Waals surface area contributed by atoms with Crippen molar-refractivity contribution >= 4 is 15.9 Å². The fraction of sp³-hybridized carbons (Fsp3) is 0.583. The van der Waals surface area contributed by atoms with Crippen molar-refractivity contribution in [1.29, 1.82) is 0 Å². The molecule has 0 unspecified atom stereocenters. The second-order valence-corrected chi connectivity index (χ2v) is 6.58. The number of nitrogens with zero attached hydrogens (tertiary/aromatic N) is 1. The molecular weight excluding hydrogens is 268 g/mol. The molecular formula is C12H18N2O4S. The van der Waals surface area contributed by atoms with Gasteiger partial charge in [-0.15, -0.1) is 0 Å². The molecule has 0 bridgehead atoms. The molecule has 19 heavy (non-hydrogen) atoms. The first kappa shape index (κ1) is 14.1. The van der Waals surface area contributed by atoms with Crippen molar-refractivity contribution in [1.82, 2.24) is 9.62 Å². The number of piperidine rings is 1. The summed E-state index contributed by atoms with van der Waals surface area (Å²) < 4.78 is 29.9. The molecule has 106 valence electrons. The largest absolute Gasteiger partial charge is 0.459 e. The van der Waals surface area contributed by atoms with E-state index in [9.17, 15) is 13.2 Å². The van der Waals surface area contributed by atoms with Gasteiger partial charge in [0, 0.05) is 19.1 Å². The molecule has 2 heterocycles. The molecule has 1 N–H and O–H groups in total. The van der Waals surface area contributed by atoms with Crippen LogP contribution < -0.4 is 4.72 Å². The molecule has 0 aromatic carbocycles. The number of carbonyl (C=O) groups is 1. The number of amides is 1. The Morgan fingerprint density at radius 2 is 2.32 bits per heavy atom. The zero-order valence-electron chi connectivity index (χ0n) is 10.8. The maximum atomic E-state index is 12.3. The fourth-order valence-electron chi connectivity index (χ4n) is 2.27. The second kappa shape index (κ2) is 5.75. The number of hydrogen-bond donors (Lipinski definition) is 1. The van der Waals surface area contributed by atoms with Gasteiger partial charge in [0.1, 0.15) is 0 Å². The minimum absolute atomic E-state index is 0.110. The molecule has 1 saturated heterocycles. The number of carbonyl (C=O) groups excluding carboxylic acids is 1. The van der Waals surface area contributed by atoms with E-state index >= 15 is 0 Å².